The van der Waals surface area contributed by atoms with E-state index < -0.39 is 29.1 Å². The summed E-state index contributed by atoms with van der Waals surface area (Å²) in [5.74, 6) is -0.787. The maximum absolute atomic E-state index is 14.3. The highest BCUT2D eigenvalue weighted by molar-refractivity contribution is 6.33. The quantitative estimate of drug-likeness (QED) is 0.214. The molecule has 8 rings (SSSR count). The molecule has 2 fully saturated rings. The summed E-state index contributed by atoms with van der Waals surface area (Å²) in [6, 6.07) is 2.97. The molecular formula is C37H37ClF3N11O5. The van der Waals surface area contributed by atoms with Gasteiger partial charge in [-0.25, -0.2) is 9.97 Å². The third kappa shape index (κ3) is 7.43. The van der Waals surface area contributed by atoms with Gasteiger partial charge in [0, 0.05) is 32.4 Å². The SMILES string of the molecule is CCc1c(N2CCN(C(=O)c3nc(-c4cnn(C5CC5)c4)nc(C)c3O)CC2)c(=O)n2nc(C3=CCOCC3)nc2n1CC(=O)Nc1ccc(C(F)(F)F)cc1Cl. The van der Waals surface area contributed by atoms with Gasteiger partial charge in [-0.2, -0.15) is 27.8 Å². The van der Waals surface area contributed by atoms with E-state index in [-0.39, 0.29) is 84.3 Å². The number of piperazine rings is 1. The van der Waals surface area contributed by atoms with Gasteiger partial charge >= 0.3 is 6.18 Å². The van der Waals surface area contributed by atoms with E-state index in [0.717, 1.165) is 41.1 Å². The molecule has 16 nitrogen and oxygen atoms in total. The van der Waals surface area contributed by atoms with Crippen LogP contribution in [0.2, 0.25) is 5.02 Å². The molecular weight excluding hydrogens is 771 g/mol. The maximum atomic E-state index is 14.3. The highest BCUT2D eigenvalue weighted by Gasteiger charge is 2.33. The lowest BCUT2D eigenvalue weighted by Crippen LogP contribution is -2.51. The van der Waals surface area contributed by atoms with Crippen LogP contribution in [0.5, 0.6) is 5.75 Å². The Morgan fingerprint density at radius 1 is 1.09 bits per heavy atom. The number of amides is 2. The van der Waals surface area contributed by atoms with Gasteiger partial charge in [0.15, 0.2) is 23.1 Å². The van der Waals surface area contributed by atoms with Gasteiger partial charge in [-0.15, -0.1) is 5.10 Å². The summed E-state index contributed by atoms with van der Waals surface area (Å²) in [5, 5.41) is 22.1. The third-order valence-electron chi connectivity index (χ3n) is 10.2. The van der Waals surface area contributed by atoms with Gasteiger partial charge in [0.25, 0.3) is 11.5 Å². The number of rotatable bonds is 9. The molecule has 0 spiro atoms. The molecule has 2 aliphatic heterocycles. The number of ether oxygens (including phenoxy) is 1. The van der Waals surface area contributed by atoms with Crippen molar-refractivity contribution in [3.05, 3.63) is 80.5 Å². The monoisotopic (exact) mass is 807 g/mol. The fourth-order valence-corrected chi connectivity index (χ4v) is 7.27. The Morgan fingerprint density at radius 2 is 1.86 bits per heavy atom. The first-order valence-electron chi connectivity index (χ1n) is 18.4. The molecule has 5 aromatic rings. The van der Waals surface area contributed by atoms with Crippen molar-refractivity contribution in [3.63, 3.8) is 0 Å². The van der Waals surface area contributed by atoms with E-state index in [1.165, 1.54) is 0 Å². The third-order valence-corrected chi connectivity index (χ3v) is 10.5. The predicted octanol–water partition coefficient (Wildman–Crippen LogP) is 4.53. The zero-order chi connectivity index (χ0) is 40.2. The molecule has 4 aromatic heterocycles. The molecule has 1 saturated heterocycles. The second kappa shape index (κ2) is 14.9. The van der Waals surface area contributed by atoms with Crippen molar-refractivity contribution in [2.75, 3.05) is 49.6 Å². The second-order valence-electron chi connectivity index (χ2n) is 14.0. The molecule has 3 aliphatic rings. The minimum absolute atomic E-state index is 0.0225. The Bertz CT molecular complexity index is 2500. The molecule has 0 atom stereocenters. The van der Waals surface area contributed by atoms with Crippen LogP contribution >= 0.6 is 11.6 Å². The Balaban J connectivity index is 1.09. The number of halogens is 4. The number of aromatic nitrogens is 8. The van der Waals surface area contributed by atoms with Crippen molar-refractivity contribution in [3.8, 4) is 17.1 Å². The first-order chi connectivity index (χ1) is 27.3. The lowest BCUT2D eigenvalue weighted by Gasteiger charge is -2.36. The number of fused-ring (bicyclic) bond motifs is 1. The van der Waals surface area contributed by atoms with Crippen LogP contribution in [0.1, 0.15) is 65.5 Å². The van der Waals surface area contributed by atoms with Crippen molar-refractivity contribution in [2.24, 2.45) is 0 Å². The molecule has 2 N–H and O–H groups in total. The summed E-state index contributed by atoms with van der Waals surface area (Å²) in [6.07, 6.45) is 3.54. The normalized spacial score (nSPS) is 16.3. The molecule has 2 amide bonds. The van der Waals surface area contributed by atoms with Gasteiger partial charge in [-0.3, -0.25) is 19.1 Å². The van der Waals surface area contributed by atoms with E-state index in [2.05, 4.69) is 30.5 Å². The molecule has 0 radical (unpaired) electrons. The number of carbonyl (C=O) groups excluding carboxylic acids is 2. The van der Waals surface area contributed by atoms with Crippen LogP contribution in [0.3, 0.4) is 0 Å². The number of nitrogens with one attached hydrogen (secondary N) is 1. The number of alkyl halides is 3. The second-order valence-corrected chi connectivity index (χ2v) is 14.4. The van der Waals surface area contributed by atoms with Gasteiger partial charge < -0.3 is 29.5 Å². The summed E-state index contributed by atoms with van der Waals surface area (Å²) in [5.41, 5.74) is 0.760. The summed E-state index contributed by atoms with van der Waals surface area (Å²) < 4.78 is 49.8. The first-order valence-corrected chi connectivity index (χ1v) is 18.8. The van der Waals surface area contributed by atoms with Gasteiger partial charge in [0.1, 0.15) is 12.2 Å². The summed E-state index contributed by atoms with van der Waals surface area (Å²) in [4.78, 5) is 58.7. The van der Waals surface area contributed by atoms with Crippen LogP contribution in [0.25, 0.3) is 22.7 Å². The Hall–Kier alpha value is -5.82. The highest BCUT2D eigenvalue weighted by Crippen LogP contribution is 2.36. The average Bonchev–Trinajstić information content (AvgIpc) is 3.74. The van der Waals surface area contributed by atoms with Crippen LogP contribution in [0.15, 0.2) is 41.5 Å². The number of nitrogens with zero attached hydrogens (tertiary/aromatic N) is 10. The molecule has 1 aliphatic carbocycles. The van der Waals surface area contributed by atoms with E-state index >= 15 is 0 Å². The number of aromatic hydroxyl groups is 1. The van der Waals surface area contributed by atoms with Crippen LogP contribution in [0.4, 0.5) is 24.5 Å². The number of hydrogen-bond acceptors (Lipinski definition) is 11. The number of benzene rings is 1. The molecule has 20 heteroatoms. The largest absolute Gasteiger partial charge is 0.504 e. The fraction of sp³-hybridized carbons (Fsp3) is 0.405. The maximum Gasteiger partial charge on any atom is 0.416 e. The van der Waals surface area contributed by atoms with Crippen molar-refractivity contribution < 1.29 is 32.6 Å². The fourth-order valence-electron chi connectivity index (χ4n) is 7.04. The predicted molar refractivity (Wildman–Crippen MR) is 201 cm³/mol. The van der Waals surface area contributed by atoms with Crippen LogP contribution < -0.4 is 15.8 Å². The van der Waals surface area contributed by atoms with Gasteiger partial charge in [-0.1, -0.05) is 24.6 Å². The van der Waals surface area contributed by atoms with Crippen LogP contribution in [0, 0.1) is 6.92 Å². The highest BCUT2D eigenvalue weighted by atomic mass is 35.5. The van der Waals surface area contributed by atoms with E-state index in [0.29, 0.717) is 42.8 Å². The number of aryl methyl sites for hydroxylation is 1. The number of hydrogen-bond donors (Lipinski definition) is 2. The zero-order valence-electron chi connectivity index (χ0n) is 30.9. The van der Waals surface area contributed by atoms with Gasteiger partial charge in [0.05, 0.1) is 58.7 Å². The molecule has 57 heavy (non-hydrogen) atoms. The summed E-state index contributed by atoms with van der Waals surface area (Å²) in [6.45, 7) is 4.57. The molecule has 0 bridgehead atoms. The van der Waals surface area contributed by atoms with E-state index in [1.54, 1.807) is 22.6 Å². The van der Waals surface area contributed by atoms with Gasteiger partial charge in [-0.05, 0) is 56.4 Å². The van der Waals surface area contributed by atoms with Crippen molar-refractivity contribution in [1.82, 2.24) is 43.8 Å². The first kappa shape index (κ1) is 38.1. The topological polar surface area (TPSA) is 178 Å². The Labute approximate surface area is 327 Å². The summed E-state index contributed by atoms with van der Waals surface area (Å²) in [7, 11) is 0. The number of carbonyl (C=O) groups is 2. The Kier molecular flexibility index (Phi) is 9.97. The van der Waals surface area contributed by atoms with E-state index in [4.69, 9.17) is 16.3 Å². The molecule has 1 saturated carbocycles. The molecule has 1 aromatic carbocycles. The molecule has 298 valence electrons. The average molecular weight is 808 g/mol. The van der Waals surface area contributed by atoms with E-state index in [1.807, 2.05) is 28.8 Å². The van der Waals surface area contributed by atoms with Crippen molar-refractivity contribution in [1.29, 1.82) is 0 Å². The van der Waals surface area contributed by atoms with E-state index in [9.17, 15) is 32.7 Å². The van der Waals surface area contributed by atoms with Crippen molar-refractivity contribution >= 4 is 46.1 Å². The van der Waals surface area contributed by atoms with Gasteiger partial charge in [0.2, 0.25) is 11.7 Å². The standard InChI is InChI=1S/C37H37ClF3N11O5/c1-3-27-30(48-10-12-49(13-11-48)34(55)29-31(54)20(2)43-32(45-29)22-17-42-51(18-22)24-5-6-24)35(56)52-36(46-33(47-52)21-8-14-57-15-9-21)50(27)19-28(53)44-26-7-4-23(16-25(26)38)37(39,40)41/h4,7-8,16-18,24,54H,3,5-6,9-15,19H2,1-2H3,(H,44,53). The summed E-state index contributed by atoms with van der Waals surface area (Å²) >= 11 is 6.15. The zero-order valence-corrected chi connectivity index (χ0v) is 31.6. The lowest BCUT2D eigenvalue weighted by atomic mass is 10.1. The molecule has 0 unspecified atom stereocenters. The van der Waals surface area contributed by atoms with Crippen LogP contribution in [-0.2, 0) is 28.7 Å². The van der Waals surface area contributed by atoms with Crippen LogP contribution in [-0.4, -0.2) is 100 Å². The van der Waals surface area contributed by atoms with Crippen molar-refractivity contribution in [2.45, 2.75) is 58.3 Å². The minimum Gasteiger partial charge on any atom is -0.504 e. The minimum atomic E-state index is -4.62. The molecule has 6 heterocycles. The smallest absolute Gasteiger partial charge is 0.416 e. The number of anilines is 2. The lowest BCUT2D eigenvalue weighted by molar-refractivity contribution is -0.137. The Morgan fingerprint density at radius 3 is 2.53 bits per heavy atom.